The molecule has 6 nitrogen and oxygen atoms in total. The van der Waals surface area contributed by atoms with Gasteiger partial charge in [0, 0.05) is 13.1 Å². The minimum absolute atomic E-state index is 0.141. The van der Waals surface area contributed by atoms with Crippen LogP contribution in [0, 0.1) is 27.7 Å². The lowest BCUT2D eigenvalue weighted by atomic mass is 9.96. The monoisotopic (exact) mass is 446 g/mol. The highest BCUT2D eigenvalue weighted by Crippen LogP contribution is 2.25. The van der Waals surface area contributed by atoms with Crippen LogP contribution in [0.25, 0.3) is 0 Å². The van der Waals surface area contributed by atoms with E-state index in [9.17, 15) is 13.2 Å². The lowest BCUT2D eigenvalue weighted by Gasteiger charge is -2.20. The van der Waals surface area contributed by atoms with Crippen LogP contribution in [-0.2, 0) is 14.8 Å². The lowest BCUT2D eigenvalue weighted by molar-refractivity contribution is -0.123. The normalized spacial score (nSPS) is 12.6. The molecule has 0 heterocycles. The van der Waals surface area contributed by atoms with Gasteiger partial charge >= 0.3 is 0 Å². The number of amides is 1. The minimum atomic E-state index is -3.53. The predicted octanol–water partition coefficient (Wildman–Crippen LogP) is 4.21. The first-order valence-electron chi connectivity index (χ1n) is 10.6. The molecule has 2 aromatic carbocycles. The van der Waals surface area contributed by atoms with Crippen molar-refractivity contribution in [1.82, 2.24) is 9.62 Å². The quantitative estimate of drug-likeness (QED) is 0.626. The Morgan fingerprint density at radius 1 is 0.968 bits per heavy atom. The average Bonchev–Trinajstić information content (AvgIpc) is 2.70. The maximum Gasteiger partial charge on any atom is 0.258 e. The number of nitrogens with zero attached hydrogens (tertiary/aromatic N) is 1. The molecule has 0 bridgehead atoms. The molecule has 7 heteroatoms. The fraction of sp³-hybridized carbons (Fsp3) is 0.458. The van der Waals surface area contributed by atoms with E-state index < -0.39 is 10.0 Å². The molecule has 1 amide bonds. The van der Waals surface area contributed by atoms with Crippen molar-refractivity contribution in [3.8, 4) is 5.75 Å². The standard InChI is InChI=1S/C24H34N2O4S/c1-8-26(9-2)31(28,29)21-10-11-23(19(6)13-21)30-15-24(27)25-20(7)22-14-17(4)16(3)12-18(22)5/h10-14,20H,8-9,15H2,1-7H3,(H,25,27)/t20-/m1/s1. The Hall–Kier alpha value is -2.38. The Bertz CT molecular complexity index is 1040. The zero-order valence-electron chi connectivity index (χ0n) is 19.6. The summed E-state index contributed by atoms with van der Waals surface area (Å²) in [6.45, 7) is 14.2. The third-order valence-electron chi connectivity index (χ3n) is 5.57. The molecule has 2 aromatic rings. The molecule has 0 saturated heterocycles. The molecule has 0 radical (unpaired) electrons. The van der Waals surface area contributed by atoms with Crippen LogP contribution in [0.2, 0.25) is 0 Å². The van der Waals surface area contributed by atoms with E-state index >= 15 is 0 Å². The molecular weight excluding hydrogens is 412 g/mol. The zero-order chi connectivity index (χ0) is 23.3. The van der Waals surface area contributed by atoms with Gasteiger partial charge in [-0.3, -0.25) is 4.79 Å². The number of rotatable bonds is 9. The van der Waals surface area contributed by atoms with E-state index in [2.05, 4.69) is 31.3 Å². The SMILES string of the molecule is CCN(CC)S(=O)(=O)c1ccc(OCC(=O)N[C@H](C)c2cc(C)c(C)cc2C)c(C)c1. The second-order valence-corrected chi connectivity index (χ2v) is 9.83. The number of benzene rings is 2. The Morgan fingerprint density at radius 3 is 2.16 bits per heavy atom. The summed E-state index contributed by atoms with van der Waals surface area (Å²) in [6, 6.07) is 8.81. The van der Waals surface area contributed by atoms with Crippen molar-refractivity contribution < 1.29 is 17.9 Å². The van der Waals surface area contributed by atoms with E-state index in [0.717, 1.165) is 11.1 Å². The van der Waals surface area contributed by atoms with E-state index in [1.54, 1.807) is 19.1 Å². The third kappa shape index (κ3) is 5.86. The van der Waals surface area contributed by atoms with Crippen LogP contribution in [-0.4, -0.2) is 38.3 Å². The number of ether oxygens (including phenoxy) is 1. The van der Waals surface area contributed by atoms with Gasteiger partial charge in [-0.2, -0.15) is 4.31 Å². The number of hydrogen-bond acceptors (Lipinski definition) is 4. The van der Waals surface area contributed by atoms with Gasteiger partial charge in [0.2, 0.25) is 10.0 Å². The van der Waals surface area contributed by atoms with E-state index in [0.29, 0.717) is 24.4 Å². The number of nitrogens with one attached hydrogen (secondary N) is 1. The van der Waals surface area contributed by atoms with Crippen LogP contribution in [0.1, 0.15) is 54.6 Å². The predicted molar refractivity (Wildman–Crippen MR) is 124 cm³/mol. The molecule has 31 heavy (non-hydrogen) atoms. The van der Waals surface area contributed by atoms with Crippen LogP contribution < -0.4 is 10.1 Å². The zero-order valence-corrected chi connectivity index (χ0v) is 20.4. The molecule has 1 N–H and O–H groups in total. The second kappa shape index (κ2) is 10.3. The topological polar surface area (TPSA) is 75.7 Å². The summed E-state index contributed by atoms with van der Waals surface area (Å²) < 4.78 is 32.4. The van der Waals surface area contributed by atoms with Crippen molar-refractivity contribution in [2.24, 2.45) is 0 Å². The van der Waals surface area contributed by atoms with Gasteiger partial charge in [-0.25, -0.2) is 8.42 Å². The Kier molecular flexibility index (Phi) is 8.26. The van der Waals surface area contributed by atoms with E-state index in [1.807, 2.05) is 27.7 Å². The summed E-state index contributed by atoms with van der Waals surface area (Å²) in [7, 11) is -3.53. The van der Waals surface area contributed by atoms with Crippen molar-refractivity contribution in [2.75, 3.05) is 19.7 Å². The molecule has 0 fully saturated rings. The first-order chi connectivity index (χ1) is 14.5. The molecule has 0 spiro atoms. The molecule has 0 aliphatic rings. The van der Waals surface area contributed by atoms with Crippen LogP contribution >= 0.6 is 0 Å². The molecule has 1 atom stereocenters. The summed E-state index contributed by atoms with van der Waals surface area (Å²) >= 11 is 0. The summed E-state index contributed by atoms with van der Waals surface area (Å²) in [5, 5.41) is 2.97. The van der Waals surface area contributed by atoms with Gasteiger partial charge < -0.3 is 10.1 Å². The van der Waals surface area contributed by atoms with Crippen LogP contribution in [0.15, 0.2) is 35.2 Å². The van der Waals surface area contributed by atoms with Gasteiger partial charge in [-0.05, 0) is 80.6 Å². The highest BCUT2D eigenvalue weighted by atomic mass is 32.2. The number of carbonyl (C=O) groups is 1. The highest BCUT2D eigenvalue weighted by molar-refractivity contribution is 7.89. The van der Waals surface area contributed by atoms with Crippen LogP contribution in [0.3, 0.4) is 0 Å². The van der Waals surface area contributed by atoms with Gasteiger partial charge in [0.25, 0.3) is 5.91 Å². The molecule has 0 unspecified atom stereocenters. The van der Waals surface area contributed by atoms with Crippen LogP contribution in [0.4, 0.5) is 0 Å². The van der Waals surface area contributed by atoms with E-state index in [4.69, 9.17) is 4.74 Å². The first kappa shape index (κ1) is 24.9. The van der Waals surface area contributed by atoms with Crippen molar-refractivity contribution >= 4 is 15.9 Å². The van der Waals surface area contributed by atoms with Crippen molar-refractivity contribution in [3.63, 3.8) is 0 Å². The summed E-state index contributed by atoms with van der Waals surface area (Å²) in [5.74, 6) is 0.257. The molecular formula is C24H34N2O4S. The minimum Gasteiger partial charge on any atom is -0.484 e. The number of hydrogen-bond donors (Lipinski definition) is 1. The van der Waals surface area contributed by atoms with Gasteiger partial charge in [-0.1, -0.05) is 26.0 Å². The molecule has 170 valence electrons. The highest BCUT2D eigenvalue weighted by Gasteiger charge is 2.22. The fourth-order valence-electron chi connectivity index (χ4n) is 3.61. The Balaban J connectivity index is 2.05. The Labute approximate surface area is 186 Å². The number of aryl methyl sites for hydroxylation is 4. The Morgan fingerprint density at radius 2 is 1.58 bits per heavy atom. The average molecular weight is 447 g/mol. The van der Waals surface area contributed by atoms with Gasteiger partial charge in [0.15, 0.2) is 6.61 Å². The van der Waals surface area contributed by atoms with Crippen LogP contribution in [0.5, 0.6) is 5.75 Å². The maximum absolute atomic E-state index is 12.7. The van der Waals surface area contributed by atoms with E-state index in [1.165, 1.54) is 21.5 Å². The third-order valence-corrected chi connectivity index (χ3v) is 7.62. The largest absolute Gasteiger partial charge is 0.484 e. The molecule has 0 aromatic heterocycles. The maximum atomic E-state index is 12.7. The van der Waals surface area contributed by atoms with Gasteiger partial charge in [0.1, 0.15) is 5.75 Å². The summed E-state index contributed by atoms with van der Waals surface area (Å²) in [6.07, 6.45) is 0. The molecule has 0 saturated carbocycles. The van der Waals surface area contributed by atoms with E-state index in [-0.39, 0.29) is 23.5 Å². The fourth-order valence-corrected chi connectivity index (χ4v) is 5.15. The first-order valence-corrected chi connectivity index (χ1v) is 12.1. The van der Waals surface area contributed by atoms with Crippen molar-refractivity contribution in [1.29, 1.82) is 0 Å². The summed E-state index contributed by atoms with van der Waals surface area (Å²) in [4.78, 5) is 12.7. The van der Waals surface area contributed by atoms with Crippen molar-refractivity contribution in [3.05, 3.63) is 58.1 Å². The number of carbonyl (C=O) groups excluding carboxylic acids is 1. The molecule has 2 rings (SSSR count). The van der Waals surface area contributed by atoms with Gasteiger partial charge in [-0.15, -0.1) is 0 Å². The molecule has 0 aliphatic carbocycles. The second-order valence-electron chi connectivity index (χ2n) is 7.89. The van der Waals surface area contributed by atoms with Gasteiger partial charge in [0.05, 0.1) is 10.9 Å². The molecule has 0 aliphatic heterocycles. The summed E-state index contributed by atoms with van der Waals surface area (Å²) in [5.41, 5.74) is 5.30. The van der Waals surface area contributed by atoms with Crippen molar-refractivity contribution in [2.45, 2.75) is 59.4 Å². The lowest BCUT2D eigenvalue weighted by Crippen LogP contribution is -2.32. The smallest absolute Gasteiger partial charge is 0.258 e. The number of sulfonamides is 1.